The summed E-state index contributed by atoms with van der Waals surface area (Å²) in [5.74, 6) is 1.85. The van der Waals surface area contributed by atoms with Gasteiger partial charge in [-0.1, -0.05) is 13.0 Å². The minimum absolute atomic E-state index is 0.0808. The van der Waals surface area contributed by atoms with Gasteiger partial charge in [0.05, 0.1) is 14.2 Å². The maximum atomic E-state index is 12.7. The lowest BCUT2D eigenvalue weighted by molar-refractivity contribution is 0.0941. The van der Waals surface area contributed by atoms with Gasteiger partial charge in [0.1, 0.15) is 5.52 Å². The lowest BCUT2D eigenvalue weighted by Gasteiger charge is -2.22. The predicted molar refractivity (Wildman–Crippen MR) is 119 cm³/mol. The molecule has 0 bridgehead atoms. The highest BCUT2D eigenvalue weighted by Gasteiger charge is 2.23. The number of likely N-dealkylation sites (tertiary alicyclic amines) is 1. The van der Waals surface area contributed by atoms with Gasteiger partial charge in [-0.25, -0.2) is 4.98 Å². The highest BCUT2D eigenvalue weighted by Crippen LogP contribution is 2.29. The number of carbonyl (C=O) groups excluding carboxylic acids is 1. The van der Waals surface area contributed by atoms with Gasteiger partial charge < -0.3 is 19.2 Å². The molecule has 2 heterocycles. The van der Waals surface area contributed by atoms with Crippen LogP contribution in [-0.2, 0) is 6.42 Å². The molecule has 2 aromatic carbocycles. The van der Waals surface area contributed by atoms with Gasteiger partial charge >= 0.3 is 0 Å². The first-order valence-electron chi connectivity index (χ1n) is 10.7. The molecular weight excluding hydrogens is 394 g/mol. The third-order valence-corrected chi connectivity index (χ3v) is 5.90. The molecule has 1 fully saturated rings. The van der Waals surface area contributed by atoms with Crippen LogP contribution in [0.4, 0.5) is 0 Å². The molecule has 7 nitrogen and oxygen atoms in total. The normalized spacial score (nSPS) is 16.5. The molecule has 3 aromatic rings. The molecule has 7 heteroatoms. The third-order valence-electron chi connectivity index (χ3n) is 5.90. The Morgan fingerprint density at radius 3 is 2.81 bits per heavy atom. The zero-order chi connectivity index (χ0) is 21.8. The molecular formula is C24H29N3O4. The second-order valence-corrected chi connectivity index (χ2v) is 7.79. The number of hydrogen-bond acceptors (Lipinski definition) is 6. The molecule has 1 aliphatic rings. The van der Waals surface area contributed by atoms with E-state index in [0.29, 0.717) is 47.5 Å². The highest BCUT2D eigenvalue weighted by molar-refractivity contribution is 5.97. The molecule has 1 aromatic heterocycles. The number of benzene rings is 2. The Morgan fingerprint density at radius 2 is 2.03 bits per heavy atom. The molecule has 0 radical (unpaired) electrons. The molecule has 1 N–H and O–H groups in total. The summed E-state index contributed by atoms with van der Waals surface area (Å²) in [5.41, 5.74) is 2.93. The maximum absolute atomic E-state index is 12.7. The zero-order valence-electron chi connectivity index (χ0n) is 18.3. The molecule has 164 valence electrons. The van der Waals surface area contributed by atoms with E-state index in [9.17, 15) is 4.79 Å². The molecule has 0 saturated carbocycles. The van der Waals surface area contributed by atoms with Crippen molar-refractivity contribution in [2.45, 2.75) is 32.2 Å². The molecule has 1 atom stereocenters. The van der Waals surface area contributed by atoms with Gasteiger partial charge in [0.25, 0.3) is 5.91 Å². The van der Waals surface area contributed by atoms with E-state index in [1.165, 1.54) is 6.42 Å². The molecule has 31 heavy (non-hydrogen) atoms. The van der Waals surface area contributed by atoms with Crippen LogP contribution in [0.25, 0.3) is 11.1 Å². The van der Waals surface area contributed by atoms with Crippen LogP contribution in [0.1, 0.15) is 41.6 Å². The van der Waals surface area contributed by atoms with Gasteiger partial charge in [0, 0.05) is 24.6 Å². The summed E-state index contributed by atoms with van der Waals surface area (Å²) in [6, 6.07) is 11.6. The monoisotopic (exact) mass is 423 g/mol. The van der Waals surface area contributed by atoms with E-state index in [1.54, 1.807) is 26.4 Å². The fraction of sp³-hybridized carbons (Fsp3) is 0.417. The molecule has 1 aliphatic heterocycles. The summed E-state index contributed by atoms with van der Waals surface area (Å²) in [7, 11) is 3.22. The molecule has 4 rings (SSSR count). The van der Waals surface area contributed by atoms with Crippen LogP contribution < -0.4 is 14.8 Å². The summed E-state index contributed by atoms with van der Waals surface area (Å²) in [5, 5.41) is 3.07. The third kappa shape index (κ3) is 4.66. The number of oxazole rings is 1. The van der Waals surface area contributed by atoms with E-state index in [0.717, 1.165) is 30.6 Å². The second-order valence-electron chi connectivity index (χ2n) is 7.79. The zero-order valence-corrected chi connectivity index (χ0v) is 18.3. The molecule has 1 amide bonds. The summed E-state index contributed by atoms with van der Waals surface area (Å²) in [4.78, 5) is 19.6. The Morgan fingerprint density at radius 1 is 1.19 bits per heavy atom. The number of aromatic nitrogens is 1. The smallest absolute Gasteiger partial charge is 0.251 e. The van der Waals surface area contributed by atoms with Crippen LogP contribution >= 0.6 is 0 Å². The molecule has 1 saturated heterocycles. The number of likely N-dealkylation sites (N-methyl/N-ethyl adjacent to an activating group) is 1. The van der Waals surface area contributed by atoms with Crippen molar-refractivity contribution in [2.75, 3.05) is 33.9 Å². The lowest BCUT2D eigenvalue weighted by Crippen LogP contribution is -2.40. The van der Waals surface area contributed by atoms with E-state index in [1.807, 2.05) is 24.3 Å². The van der Waals surface area contributed by atoms with Gasteiger partial charge in [0.15, 0.2) is 23.0 Å². The molecule has 1 unspecified atom stereocenters. The average Bonchev–Trinajstić information content (AvgIpc) is 3.42. The van der Waals surface area contributed by atoms with Crippen molar-refractivity contribution in [3.8, 4) is 11.5 Å². The van der Waals surface area contributed by atoms with E-state index >= 15 is 0 Å². The van der Waals surface area contributed by atoms with Crippen molar-refractivity contribution in [3.05, 3.63) is 53.4 Å². The second kappa shape index (κ2) is 9.39. The van der Waals surface area contributed by atoms with Crippen LogP contribution in [0.2, 0.25) is 0 Å². The minimum atomic E-state index is -0.0808. The Bertz CT molecular complexity index is 1060. The maximum Gasteiger partial charge on any atom is 0.251 e. The van der Waals surface area contributed by atoms with E-state index in [-0.39, 0.29) is 5.91 Å². The number of nitrogens with zero attached hydrogens (tertiary/aromatic N) is 2. The van der Waals surface area contributed by atoms with E-state index in [4.69, 9.17) is 13.9 Å². The number of rotatable bonds is 8. The number of hydrogen-bond donors (Lipinski definition) is 1. The Labute approximate surface area is 182 Å². The van der Waals surface area contributed by atoms with Crippen LogP contribution in [0, 0.1) is 0 Å². The first-order valence-corrected chi connectivity index (χ1v) is 10.7. The topological polar surface area (TPSA) is 76.8 Å². The standard InChI is InChI=1S/C24H29N3O4/c1-4-27-11-5-6-18(27)15-25-24(28)17-8-9-19-21(14-17)31-23(26-19)13-16-7-10-20(29-2)22(12-16)30-3/h7-10,12,14,18H,4-6,11,13,15H2,1-3H3,(H,25,28). The summed E-state index contributed by atoms with van der Waals surface area (Å²) in [6.07, 6.45) is 2.85. The summed E-state index contributed by atoms with van der Waals surface area (Å²) in [6.45, 7) is 4.97. The van der Waals surface area contributed by atoms with Crippen molar-refractivity contribution >= 4 is 17.0 Å². The van der Waals surface area contributed by atoms with Crippen LogP contribution in [0.3, 0.4) is 0 Å². The molecule has 0 spiro atoms. The Hall–Kier alpha value is -3.06. The van der Waals surface area contributed by atoms with Crippen LogP contribution in [-0.4, -0.2) is 55.7 Å². The van der Waals surface area contributed by atoms with Gasteiger partial charge in [-0.15, -0.1) is 0 Å². The largest absolute Gasteiger partial charge is 0.493 e. The summed E-state index contributed by atoms with van der Waals surface area (Å²) < 4.78 is 16.6. The Balaban J connectivity index is 1.45. The van der Waals surface area contributed by atoms with Gasteiger partial charge in [0.2, 0.25) is 0 Å². The average molecular weight is 424 g/mol. The number of ether oxygens (including phenoxy) is 2. The van der Waals surface area contributed by atoms with Crippen LogP contribution in [0.15, 0.2) is 40.8 Å². The van der Waals surface area contributed by atoms with Crippen molar-refractivity contribution in [1.29, 1.82) is 0 Å². The SMILES string of the molecule is CCN1CCCC1CNC(=O)c1ccc2nc(Cc3ccc(OC)c(OC)c3)oc2c1. The molecule has 0 aliphatic carbocycles. The number of methoxy groups -OCH3 is 2. The Kier molecular flexibility index (Phi) is 6.42. The van der Waals surface area contributed by atoms with Crippen LogP contribution in [0.5, 0.6) is 11.5 Å². The van der Waals surface area contributed by atoms with Crippen molar-refractivity contribution in [3.63, 3.8) is 0 Å². The first kappa shape index (κ1) is 21.2. The number of nitrogens with one attached hydrogen (secondary N) is 1. The fourth-order valence-corrected chi connectivity index (χ4v) is 4.21. The number of fused-ring (bicyclic) bond motifs is 1. The van der Waals surface area contributed by atoms with Gasteiger partial charge in [-0.2, -0.15) is 0 Å². The predicted octanol–water partition coefficient (Wildman–Crippen LogP) is 3.65. The van der Waals surface area contributed by atoms with Crippen molar-refractivity contribution < 1.29 is 18.7 Å². The van der Waals surface area contributed by atoms with E-state index < -0.39 is 0 Å². The quantitative estimate of drug-likeness (QED) is 0.596. The lowest BCUT2D eigenvalue weighted by atomic mass is 10.1. The minimum Gasteiger partial charge on any atom is -0.493 e. The van der Waals surface area contributed by atoms with E-state index in [2.05, 4.69) is 22.1 Å². The highest BCUT2D eigenvalue weighted by atomic mass is 16.5. The number of carbonyl (C=O) groups is 1. The van der Waals surface area contributed by atoms with Crippen molar-refractivity contribution in [2.24, 2.45) is 0 Å². The summed E-state index contributed by atoms with van der Waals surface area (Å²) >= 11 is 0. The van der Waals surface area contributed by atoms with Crippen molar-refractivity contribution in [1.82, 2.24) is 15.2 Å². The fourth-order valence-electron chi connectivity index (χ4n) is 4.21. The first-order chi connectivity index (χ1) is 15.1. The van der Waals surface area contributed by atoms with Gasteiger partial charge in [-0.3, -0.25) is 9.69 Å². The van der Waals surface area contributed by atoms with Gasteiger partial charge in [-0.05, 0) is 61.8 Å². The number of amides is 1.